The maximum Gasteiger partial charge on any atom is 0.110 e. The summed E-state index contributed by atoms with van der Waals surface area (Å²) in [7, 11) is 0. The molecule has 4 rings (SSSR count). The molecule has 4 nitrogen and oxygen atoms in total. The Bertz CT molecular complexity index is 855. The number of hydrogen-bond acceptors (Lipinski definition) is 3. The lowest BCUT2D eigenvalue weighted by Crippen LogP contribution is -2.23. The number of aromatic amines is 1. The first kappa shape index (κ1) is 11.4. The average Bonchev–Trinajstić information content (AvgIpc) is 2.87. The Morgan fingerprint density at radius 2 is 2.15 bits per heavy atom. The van der Waals surface area contributed by atoms with Crippen LogP contribution >= 0.6 is 0 Å². The normalized spacial score (nSPS) is 21.8. The molecule has 1 aliphatic carbocycles. The van der Waals surface area contributed by atoms with Crippen molar-refractivity contribution >= 4 is 21.9 Å². The Morgan fingerprint density at radius 1 is 1.30 bits per heavy atom. The predicted octanol–water partition coefficient (Wildman–Crippen LogP) is 3.20. The number of fused-ring (bicyclic) bond motifs is 3. The standard InChI is InChI=1S/C15H11FN4/c16-10-4-9(5-10)15-19-13-7-18-12-2-1-8(6-17)3-11(12)14(13)20-15/h1-3,7,9-10H,4-5H2,(H,19,20)/t9-,10+. The summed E-state index contributed by atoms with van der Waals surface area (Å²) in [5.41, 5.74) is 3.06. The zero-order valence-corrected chi connectivity index (χ0v) is 10.6. The summed E-state index contributed by atoms with van der Waals surface area (Å²) < 4.78 is 13.0. The molecule has 0 unspecified atom stereocenters. The van der Waals surface area contributed by atoms with Crippen molar-refractivity contribution in [3.63, 3.8) is 0 Å². The van der Waals surface area contributed by atoms with Crippen LogP contribution in [0.25, 0.3) is 21.9 Å². The van der Waals surface area contributed by atoms with Gasteiger partial charge in [-0.3, -0.25) is 4.98 Å². The van der Waals surface area contributed by atoms with Gasteiger partial charge in [-0.05, 0) is 31.0 Å². The minimum Gasteiger partial charge on any atom is -0.341 e. The third-order valence-corrected chi connectivity index (χ3v) is 3.94. The number of pyridine rings is 1. The Morgan fingerprint density at radius 3 is 2.90 bits per heavy atom. The fourth-order valence-corrected chi connectivity index (χ4v) is 2.72. The van der Waals surface area contributed by atoms with E-state index in [4.69, 9.17) is 5.26 Å². The van der Waals surface area contributed by atoms with E-state index in [0.717, 1.165) is 27.8 Å². The van der Waals surface area contributed by atoms with Gasteiger partial charge in [0.25, 0.3) is 0 Å². The third-order valence-electron chi connectivity index (χ3n) is 3.94. The second-order valence-electron chi connectivity index (χ2n) is 5.25. The summed E-state index contributed by atoms with van der Waals surface area (Å²) in [4.78, 5) is 12.1. The number of hydrogen-bond donors (Lipinski definition) is 1. The van der Waals surface area contributed by atoms with Gasteiger partial charge in [0.2, 0.25) is 0 Å². The predicted molar refractivity (Wildman–Crippen MR) is 73.0 cm³/mol. The molecule has 1 saturated carbocycles. The molecule has 0 atom stereocenters. The second-order valence-corrected chi connectivity index (χ2v) is 5.25. The van der Waals surface area contributed by atoms with E-state index in [0.29, 0.717) is 18.4 Å². The van der Waals surface area contributed by atoms with Crippen molar-refractivity contribution in [2.75, 3.05) is 0 Å². The highest BCUT2D eigenvalue weighted by atomic mass is 19.1. The summed E-state index contributed by atoms with van der Waals surface area (Å²) in [5.74, 6) is 0.997. The molecule has 2 heterocycles. The number of nitriles is 1. The van der Waals surface area contributed by atoms with Crippen LogP contribution in [0.1, 0.15) is 30.1 Å². The topological polar surface area (TPSA) is 65.4 Å². The van der Waals surface area contributed by atoms with Crippen LogP contribution in [0.2, 0.25) is 0 Å². The van der Waals surface area contributed by atoms with Crippen LogP contribution in [0.4, 0.5) is 4.39 Å². The SMILES string of the molecule is N#Cc1ccc2ncc3nc([C@H]4C[C@@H](F)C4)[nH]c3c2c1. The first-order valence-electron chi connectivity index (χ1n) is 6.57. The van der Waals surface area contributed by atoms with Crippen LogP contribution in [0.5, 0.6) is 0 Å². The van der Waals surface area contributed by atoms with Crippen molar-refractivity contribution in [2.45, 2.75) is 24.9 Å². The summed E-state index contributed by atoms with van der Waals surface area (Å²) in [5, 5.41) is 9.89. The van der Waals surface area contributed by atoms with Crippen molar-refractivity contribution < 1.29 is 4.39 Å². The van der Waals surface area contributed by atoms with E-state index >= 15 is 0 Å². The van der Waals surface area contributed by atoms with E-state index in [1.165, 1.54) is 0 Å². The monoisotopic (exact) mass is 266 g/mol. The Balaban J connectivity index is 1.92. The minimum atomic E-state index is -0.701. The van der Waals surface area contributed by atoms with Crippen LogP contribution in [0.15, 0.2) is 24.4 Å². The molecule has 1 fully saturated rings. The van der Waals surface area contributed by atoms with Gasteiger partial charge in [0, 0.05) is 11.3 Å². The highest BCUT2D eigenvalue weighted by molar-refractivity contribution is 6.02. The van der Waals surface area contributed by atoms with E-state index in [2.05, 4.69) is 21.0 Å². The largest absolute Gasteiger partial charge is 0.341 e. The first-order chi connectivity index (χ1) is 9.74. The molecule has 0 amide bonds. The molecule has 1 N–H and O–H groups in total. The van der Waals surface area contributed by atoms with Crippen molar-refractivity contribution in [3.8, 4) is 6.07 Å². The molecule has 5 heteroatoms. The van der Waals surface area contributed by atoms with Crippen molar-refractivity contribution in [3.05, 3.63) is 35.8 Å². The zero-order chi connectivity index (χ0) is 13.7. The van der Waals surface area contributed by atoms with Gasteiger partial charge in [0.15, 0.2) is 0 Å². The second kappa shape index (κ2) is 4.01. The Hall–Kier alpha value is -2.48. The summed E-state index contributed by atoms with van der Waals surface area (Å²) in [6.07, 6.45) is 2.09. The highest BCUT2D eigenvalue weighted by Crippen LogP contribution is 2.38. The maximum atomic E-state index is 13.0. The molecule has 1 aromatic carbocycles. The van der Waals surface area contributed by atoms with Gasteiger partial charge in [-0.1, -0.05) is 0 Å². The molecule has 2 aromatic heterocycles. The van der Waals surface area contributed by atoms with E-state index in [-0.39, 0.29) is 5.92 Å². The highest BCUT2D eigenvalue weighted by Gasteiger charge is 2.32. The van der Waals surface area contributed by atoms with Gasteiger partial charge in [0.05, 0.1) is 28.9 Å². The zero-order valence-electron chi connectivity index (χ0n) is 10.6. The third kappa shape index (κ3) is 1.58. The molecule has 1 aliphatic rings. The molecule has 0 bridgehead atoms. The Kier molecular flexibility index (Phi) is 2.27. The minimum absolute atomic E-state index is 0.173. The number of nitrogens with zero attached hydrogens (tertiary/aromatic N) is 3. The van der Waals surface area contributed by atoms with Crippen LogP contribution in [-0.2, 0) is 0 Å². The molecule has 0 radical (unpaired) electrons. The van der Waals surface area contributed by atoms with E-state index < -0.39 is 6.17 Å². The van der Waals surface area contributed by atoms with Crippen LogP contribution < -0.4 is 0 Å². The van der Waals surface area contributed by atoms with Crippen molar-refractivity contribution in [1.29, 1.82) is 5.26 Å². The number of imidazole rings is 1. The first-order valence-corrected chi connectivity index (χ1v) is 6.57. The smallest absolute Gasteiger partial charge is 0.110 e. The Labute approximate surface area is 114 Å². The summed E-state index contributed by atoms with van der Waals surface area (Å²) in [6, 6.07) is 7.52. The molecule has 0 spiro atoms. The van der Waals surface area contributed by atoms with Gasteiger partial charge in [-0.25, -0.2) is 9.37 Å². The lowest BCUT2D eigenvalue weighted by Gasteiger charge is -2.27. The lowest BCUT2D eigenvalue weighted by atomic mass is 9.83. The number of aromatic nitrogens is 3. The lowest BCUT2D eigenvalue weighted by molar-refractivity contribution is 0.174. The molecule has 3 aromatic rings. The fraction of sp³-hybridized carbons (Fsp3) is 0.267. The summed E-state index contributed by atoms with van der Waals surface area (Å²) >= 11 is 0. The van der Waals surface area contributed by atoms with Crippen molar-refractivity contribution in [2.24, 2.45) is 0 Å². The fourth-order valence-electron chi connectivity index (χ4n) is 2.72. The molecule has 0 saturated heterocycles. The van der Waals surface area contributed by atoms with E-state index in [1.54, 1.807) is 12.3 Å². The molecule has 98 valence electrons. The van der Waals surface area contributed by atoms with Crippen LogP contribution in [0.3, 0.4) is 0 Å². The average molecular weight is 266 g/mol. The van der Waals surface area contributed by atoms with Crippen LogP contribution in [0, 0.1) is 11.3 Å². The van der Waals surface area contributed by atoms with Crippen molar-refractivity contribution in [1.82, 2.24) is 15.0 Å². The van der Waals surface area contributed by atoms with Gasteiger partial charge < -0.3 is 4.98 Å². The van der Waals surface area contributed by atoms with E-state index in [1.807, 2.05) is 12.1 Å². The quantitative estimate of drug-likeness (QED) is 0.735. The number of alkyl halides is 1. The van der Waals surface area contributed by atoms with Gasteiger partial charge in [-0.15, -0.1) is 0 Å². The molecular formula is C15H11FN4. The molecular weight excluding hydrogens is 255 g/mol. The number of benzene rings is 1. The number of nitrogens with one attached hydrogen (secondary N) is 1. The molecule has 0 aliphatic heterocycles. The number of rotatable bonds is 1. The van der Waals surface area contributed by atoms with Gasteiger partial charge >= 0.3 is 0 Å². The van der Waals surface area contributed by atoms with Crippen LogP contribution in [-0.4, -0.2) is 21.1 Å². The van der Waals surface area contributed by atoms with Gasteiger partial charge in [0.1, 0.15) is 17.5 Å². The van der Waals surface area contributed by atoms with E-state index in [9.17, 15) is 4.39 Å². The summed E-state index contributed by atoms with van der Waals surface area (Å²) in [6.45, 7) is 0. The number of H-pyrrole nitrogens is 1. The molecule has 20 heavy (non-hydrogen) atoms. The van der Waals surface area contributed by atoms with Gasteiger partial charge in [-0.2, -0.15) is 5.26 Å². The number of halogens is 1. The maximum absolute atomic E-state index is 13.0.